The van der Waals surface area contributed by atoms with Gasteiger partial charge in [-0.1, -0.05) is 28.1 Å². The van der Waals surface area contributed by atoms with E-state index in [1.807, 2.05) is 32.0 Å². The summed E-state index contributed by atoms with van der Waals surface area (Å²) in [7, 11) is 1.67. The molecule has 0 bridgehead atoms. The van der Waals surface area contributed by atoms with E-state index in [1.165, 1.54) is 0 Å². The van der Waals surface area contributed by atoms with Crippen molar-refractivity contribution in [3.05, 3.63) is 29.8 Å². The summed E-state index contributed by atoms with van der Waals surface area (Å²) in [4.78, 5) is 0. The lowest BCUT2D eigenvalue weighted by atomic mass is 10.1. The first kappa shape index (κ1) is 12.5. The van der Waals surface area contributed by atoms with Crippen molar-refractivity contribution in [1.29, 1.82) is 0 Å². The van der Waals surface area contributed by atoms with Crippen molar-refractivity contribution in [1.82, 2.24) is 0 Å². The number of hydrogen-bond donors (Lipinski definition) is 0. The van der Waals surface area contributed by atoms with Crippen LogP contribution in [0.1, 0.15) is 25.5 Å². The maximum absolute atomic E-state index is 5.78. The summed E-state index contributed by atoms with van der Waals surface area (Å²) in [6.07, 6.45) is 0.304. The van der Waals surface area contributed by atoms with Crippen molar-refractivity contribution < 1.29 is 9.47 Å². The van der Waals surface area contributed by atoms with E-state index in [0.29, 0.717) is 0 Å². The summed E-state index contributed by atoms with van der Waals surface area (Å²) in [6.45, 7) is 4.08. The molecule has 1 atom stereocenters. The summed E-state index contributed by atoms with van der Waals surface area (Å²) in [5, 5.41) is 0.790. The molecular formula is C12H17BrO2. The summed E-state index contributed by atoms with van der Waals surface area (Å²) >= 11 is 3.46. The number of hydrogen-bond acceptors (Lipinski definition) is 2. The van der Waals surface area contributed by atoms with Crippen LogP contribution in [0.5, 0.6) is 5.75 Å². The smallest absolute Gasteiger partial charge is 0.119 e. The van der Waals surface area contributed by atoms with Crippen molar-refractivity contribution in [3.63, 3.8) is 0 Å². The van der Waals surface area contributed by atoms with Crippen LogP contribution < -0.4 is 4.74 Å². The third-order valence-electron chi connectivity index (χ3n) is 2.04. The number of alkyl halides is 1. The molecule has 0 heterocycles. The summed E-state index contributed by atoms with van der Waals surface area (Å²) in [5.74, 6) is 0.866. The maximum Gasteiger partial charge on any atom is 0.119 e. The quantitative estimate of drug-likeness (QED) is 0.764. The van der Waals surface area contributed by atoms with Crippen LogP contribution >= 0.6 is 15.9 Å². The van der Waals surface area contributed by atoms with Crippen LogP contribution in [0.15, 0.2) is 24.3 Å². The molecule has 0 aliphatic heterocycles. The lowest BCUT2D eigenvalue weighted by molar-refractivity contribution is 0.0213. The fourth-order valence-electron chi connectivity index (χ4n) is 1.37. The van der Waals surface area contributed by atoms with Crippen LogP contribution in [0.2, 0.25) is 0 Å². The van der Waals surface area contributed by atoms with Gasteiger partial charge >= 0.3 is 0 Å². The number of rotatable bonds is 5. The fraction of sp³-hybridized carbons (Fsp3) is 0.500. The maximum atomic E-state index is 5.78. The largest absolute Gasteiger partial charge is 0.497 e. The monoisotopic (exact) mass is 272 g/mol. The predicted octanol–water partition coefficient (Wildman–Crippen LogP) is 3.56. The molecule has 0 saturated heterocycles. The Labute approximate surface area is 99.7 Å². The molecule has 0 N–H and O–H groups in total. The number of benzene rings is 1. The van der Waals surface area contributed by atoms with Crippen molar-refractivity contribution in [2.45, 2.75) is 26.1 Å². The Kier molecular flexibility index (Phi) is 5.12. The molecule has 0 saturated carbocycles. The molecule has 0 aromatic heterocycles. The van der Waals surface area contributed by atoms with Gasteiger partial charge in [-0.05, 0) is 31.5 Å². The van der Waals surface area contributed by atoms with Crippen LogP contribution in [-0.2, 0) is 4.74 Å². The zero-order chi connectivity index (χ0) is 11.3. The highest BCUT2D eigenvalue weighted by Gasteiger charge is 2.12. The highest BCUT2D eigenvalue weighted by Crippen LogP contribution is 2.24. The molecule has 1 aromatic carbocycles. The number of ether oxygens (including phenoxy) is 2. The third-order valence-corrected chi connectivity index (χ3v) is 2.63. The Balaban J connectivity index is 2.81. The lowest BCUT2D eigenvalue weighted by Crippen LogP contribution is -2.11. The molecule has 2 nitrogen and oxygen atoms in total. The fourth-order valence-corrected chi connectivity index (χ4v) is 1.90. The highest BCUT2D eigenvalue weighted by atomic mass is 79.9. The first-order chi connectivity index (χ1) is 7.17. The molecule has 0 radical (unpaired) electrons. The van der Waals surface area contributed by atoms with Crippen LogP contribution in [-0.4, -0.2) is 18.5 Å². The van der Waals surface area contributed by atoms with E-state index in [-0.39, 0.29) is 12.2 Å². The van der Waals surface area contributed by atoms with Gasteiger partial charge < -0.3 is 9.47 Å². The molecule has 1 unspecified atom stereocenters. The van der Waals surface area contributed by atoms with Gasteiger partial charge in [-0.3, -0.25) is 0 Å². The molecule has 0 aliphatic rings. The predicted molar refractivity (Wildman–Crippen MR) is 65.8 cm³/mol. The topological polar surface area (TPSA) is 18.5 Å². The SMILES string of the molecule is COc1cccc(C(CBr)OC(C)C)c1. The Morgan fingerprint density at radius 2 is 2.07 bits per heavy atom. The van der Waals surface area contributed by atoms with E-state index in [2.05, 4.69) is 22.0 Å². The summed E-state index contributed by atoms with van der Waals surface area (Å²) in [6, 6.07) is 7.98. The molecule has 1 rings (SSSR count). The second kappa shape index (κ2) is 6.13. The van der Waals surface area contributed by atoms with Gasteiger partial charge in [-0.25, -0.2) is 0 Å². The number of methoxy groups -OCH3 is 1. The van der Waals surface area contributed by atoms with Gasteiger partial charge in [-0.15, -0.1) is 0 Å². The van der Waals surface area contributed by atoms with Gasteiger partial charge in [0.05, 0.1) is 19.3 Å². The Bertz CT molecular complexity index is 299. The zero-order valence-electron chi connectivity index (χ0n) is 9.37. The molecule has 84 valence electrons. The first-order valence-corrected chi connectivity index (χ1v) is 6.15. The van der Waals surface area contributed by atoms with Gasteiger partial charge in [0, 0.05) is 5.33 Å². The Morgan fingerprint density at radius 3 is 2.60 bits per heavy atom. The molecule has 1 aromatic rings. The van der Waals surface area contributed by atoms with Gasteiger partial charge in [0.25, 0.3) is 0 Å². The standard InChI is InChI=1S/C12H17BrO2/c1-9(2)15-12(8-13)10-5-4-6-11(7-10)14-3/h4-7,9,12H,8H2,1-3H3. The van der Waals surface area contributed by atoms with Crippen molar-refractivity contribution in [2.24, 2.45) is 0 Å². The van der Waals surface area contributed by atoms with Crippen molar-refractivity contribution in [2.75, 3.05) is 12.4 Å². The minimum absolute atomic E-state index is 0.0834. The van der Waals surface area contributed by atoms with E-state index >= 15 is 0 Å². The second-order valence-corrected chi connectivity index (χ2v) is 4.25. The van der Waals surface area contributed by atoms with Crippen LogP contribution in [0.4, 0.5) is 0 Å². The minimum Gasteiger partial charge on any atom is -0.497 e. The Hall–Kier alpha value is -0.540. The van der Waals surface area contributed by atoms with Gasteiger partial charge in [0.15, 0.2) is 0 Å². The third kappa shape index (κ3) is 3.84. The van der Waals surface area contributed by atoms with E-state index in [4.69, 9.17) is 9.47 Å². The molecule has 0 fully saturated rings. The number of halogens is 1. The van der Waals surface area contributed by atoms with Crippen molar-refractivity contribution in [3.8, 4) is 5.75 Å². The summed E-state index contributed by atoms with van der Waals surface area (Å²) < 4.78 is 11.0. The van der Waals surface area contributed by atoms with E-state index in [1.54, 1.807) is 7.11 Å². The average Bonchev–Trinajstić information content (AvgIpc) is 2.25. The van der Waals surface area contributed by atoms with Gasteiger partial charge in [-0.2, -0.15) is 0 Å². The first-order valence-electron chi connectivity index (χ1n) is 5.02. The molecule has 0 spiro atoms. The molecule has 15 heavy (non-hydrogen) atoms. The van der Waals surface area contributed by atoms with Crippen LogP contribution in [0, 0.1) is 0 Å². The minimum atomic E-state index is 0.0834. The molecule has 0 aliphatic carbocycles. The second-order valence-electron chi connectivity index (χ2n) is 3.60. The van der Waals surface area contributed by atoms with Crippen LogP contribution in [0.25, 0.3) is 0 Å². The van der Waals surface area contributed by atoms with E-state index < -0.39 is 0 Å². The summed E-state index contributed by atoms with van der Waals surface area (Å²) in [5.41, 5.74) is 1.14. The van der Waals surface area contributed by atoms with Crippen LogP contribution in [0.3, 0.4) is 0 Å². The Morgan fingerprint density at radius 1 is 1.33 bits per heavy atom. The zero-order valence-corrected chi connectivity index (χ0v) is 11.0. The van der Waals surface area contributed by atoms with Gasteiger partial charge in [0.1, 0.15) is 5.75 Å². The molecule has 3 heteroatoms. The lowest BCUT2D eigenvalue weighted by Gasteiger charge is -2.19. The highest BCUT2D eigenvalue weighted by molar-refractivity contribution is 9.09. The van der Waals surface area contributed by atoms with E-state index in [9.17, 15) is 0 Å². The average molecular weight is 273 g/mol. The normalized spacial score (nSPS) is 12.9. The van der Waals surface area contributed by atoms with Crippen molar-refractivity contribution >= 4 is 15.9 Å². The van der Waals surface area contributed by atoms with Gasteiger partial charge in [0.2, 0.25) is 0 Å². The molecular weight excluding hydrogens is 256 g/mol. The van der Waals surface area contributed by atoms with E-state index in [0.717, 1.165) is 16.6 Å². The molecule has 0 amide bonds.